The lowest BCUT2D eigenvalue weighted by Crippen LogP contribution is -2.33. The second kappa shape index (κ2) is 7.51. The van der Waals surface area contributed by atoms with Gasteiger partial charge in [0.15, 0.2) is 0 Å². The number of carbonyl (C=O) groups is 1. The molecule has 22 heavy (non-hydrogen) atoms. The minimum atomic E-state index is -0.998. The molecule has 6 nitrogen and oxygen atoms in total. The van der Waals surface area contributed by atoms with Crippen LogP contribution in [0.25, 0.3) is 0 Å². The van der Waals surface area contributed by atoms with Crippen LogP contribution < -0.4 is 15.2 Å². The first-order chi connectivity index (χ1) is 10.6. The molecular formula is C16H20N2O4. The fourth-order valence-electron chi connectivity index (χ4n) is 2.10. The molecule has 1 heterocycles. The van der Waals surface area contributed by atoms with Crippen molar-refractivity contribution in [3.63, 3.8) is 0 Å². The first-order valence-corrected chi connectivity index (χ1v) is 6.99. The highest BCUT2D eigenvalue weighted by Gasteiger charge is 2.14. The third-order valence-corrected chi connectivity index (χ3v) is 3.33. The molecule has 2 aromatic rings. The zero-order valence-electron chi connectivity index (χ0n) is 12.4. The van der Waals surface area contributed by atoms with Crippen LogP contribution in [0.5, 0.6) is 11.5 Å². The molecule has 0 saturated carbocycles. The summed E-state index contributed by atoms with van der Waals surface area (Å²) in [5, 5.41) is 8.87. The number of carboxylic acids is 1. The maximum Gasteiger partial charge on any atom is 0.320 e. The van der Waals surface area contributed by atoms with E-state index in [-0.39, 0.29) is 0 Å². The summed E-state index contributed by atoms with van der Waals surface area (Å²) >= 11 is 0. The van der Waals surface area contributed by atoms with E-state index in [0.29, 0.717) is 19.6 Å². The van der Waals surface area contributed by atoms with Gasteiger partial charge < -0.3 is 24.9 Å². The van der Waals surface area contributed by atoms with E-state index >= 15 is 0 Å². The maximum absolute atomic E-state index is 10.8. The number of rotatable bonds is 8. The Morgan fingerprint density at radius 1 is 1.27 bits per heavy atom. The number of ether oxygens (including phenoxy) is 2. The van der Waals surface area contributed by atoms with Crippen molar-refractivity contribution in [3.8, 4) is 11.5 Å². The summed E-state index contributed by atoms with van der Waals surface area (Å²) in [6.45, 7) is 1.11. The van der Waals surface area contributed by atoms with E-state index in [1.54, 1.807) is 7.11 Å². The maximum atomic E-state index is 10.8. The van der Waals surface area contributed by atoms with Gasteiger partial charge in [0, 0.05) is 18.3 Å². The van der Waals surface area contributed by atoms with Gasteiger partial charge in [0.05, 0.1) is 13.7 Å². The SMILES string of the molecule is COc1ccc(OCCn2cccc2CC(N)C(=O)O)cc1. The average Bonchev–Trinajstić information content (AvgIpc) is 2.95. The highest BCUT2D eigenvalue weighted by molar-refractivity contribution is 5.73. The Hall–Kier alpha value is -2.47. The molecule has 6 heteroatoms. The van der Waals surface area contributed by atoms with Crippen molar-refractivity contribution in [1.82, 2.24) is 4.57 Å². The molecule has 0 bridgehead atoms. The highest BCUT2D eigenvalue weighted by Crippen LogP contribution is 2.17. The van der Waals surface area contributed by atoms with E-state index in [2.05, 4.69) is 0 Å². The Kier molecular flexibility index (Phi) is 5.43. The molecule has 1 unspecified atom stereocenters. The van der Waals surface area contributed by atoms with Crippen LogP contribution in [0.3, 0.4) is 0 Å². The van der Waals surface area contributed by atoms with E-state index < -0.39 is 12.0 Å². The van der Waals surface area contributed by atoms with Crippen LogP contribution in [-0.2, 0) is 17.8 Å². The van der Waals surface area contributed by atoms with E-state index in [9.17, 15) is 4.79 Å². The molecule has 2 rings (SSSR count). The third kappa shape index (κ3) is 4.26. The summed E-state index contributed by atoms with van der Waals surface area (Å²) in [6, 6.07) is 10.2. The van der Waals surface area contributed by atoms with E-state index in [4.69, 9.17) is 20.3 Å². The smallest absolute Gasteiger partial charge is 0.320 e. The van der Waals surface area contributed by atoms with Crippen LogP contribution in [0.2, 0.25) is 0 Å². The molecular weight excluding hydrogens is 284 g/mol. The van der Waals surface area contributed by atoms with Gasteiger partial charge >= 0.3 is 5.97 Å². The molecule has 0 radical (unpaired) electrons. The first kappa shape index (κ1) is 15.9. The van der Waals surface area contributed by atoms with E-state index in [0.717, 1.165) is 17.2 Å². The minimum absolute atomic E-state index is 0.296. The van der Waals surface area contributed by atoms with Crippen LogP contribution in [0.1, 0.15) is 5.69 Å². The van der Waals surface area contributed by atoms with Gasteiger partial charge in [-0.05, 0) is 36.4 Å². The van der Waals surface area contributed by atoms with Crippen LogP contribution in [0.15, 0.2) is 42.6 Å². The lowest BCUT2D eigenvalue weighted by molar-refractivity contribution is -0.138. The van der Waals surface area contributed by atoms with Crippen molar-refractivity contribution in [3.05, 3.63) is 48.3 Å². The second-order valence-electron chi connectivity index (χ2n) is 4.87. The lowest BCUT2D eigenvalue weighted by atomic mass is 10.2. The van der Waals surface area contributed by atoms with Gasteiger partial charge in [0.2, 0.25) is 0 Å². The summed E-state index contributed by atoms with van der Waals surface area (Å²) in [5.41, 5.74) is 6.45. The summed E-state index contributed by atoms with van der Waals surface area (Å²) in [7, 11) is 1.62. The van der Waals surface area contributed by atoms with E-state index in [1.165, 1.54) is 0 Å². The number of nitrogens with zero attached hydrogens (tertiary/aromatic N) is 1. The average molecular weight is 304 g/mol. The molecule has 3 N–H and O–H groups in total. The normalized spacial score (nSPS) is 11.9. The topological polar surface area (TPSA) is 86.7 Å². The predicted molar refractivity (Wildman–Crippen MR) is 82.2 cm³/mol. The van der Waals surface area contributed by atoms with Crippen molar-refractivity contribution in [2.45, 2.75) is 19.0 Å². The Labute approximate surface area is 129 Å². The molecule has 0 fully saturated rings. The van der Waals surface area contributed by atoms with Crippen molar-refractivity contribution >= 4 is 5.97 Å². The number of hydrogen-bond donors (Lipinski definition) is 2. The Bertz CT molecular complexity index is 607. The van der Waals surface area contributed by atoms with Crippen LogP contribution in [0, 0.1) is 0 Å². The fourth-order valence-corrected chi connectivity index (χ4v) is 2.10. The van der Waals surface area contributed by atoms with Gasteiger partial charge in [-0.2, -0.15) is 0 Å². The zero-order valence-corrected chi connectivity index (χ0v) is 12.4. The molecule has 0 aliphatic heterocycles. The number of carboxylic acid groups (broad SMARTS) is 1. The fraction of sp³-hybridized carbons (Fsp3) is 0.312. The number of aromatic nitrogens is 1. The van der Waals surface area contributed by atoms with Crippen LogP contribution >= 0.6 is 0 Å². The summed E-state index contributed by atoms with van der Waals surface area (Å²) in [4.78, 5) is 10.8. The standard InChI is InChI=1S/C16H20N2O4/c1-21-13-4-6-14(7-5-13)22-10-9-18-8-2-3-12(18)11-15(17)16(19)20/h2-8,15H,9-11,17H2,1H3,(H,19,20). The minimum Gasteiger partial charge on any atom is -0.497 e. The number of aliphatic carboxylic acids is 1. The Balaban J connectivity index is 1.86. The monoisotopic (exact) mass is 304 g/mol. The summed E-state index contributed by atoms with van der Waals surface area (Å²) < 4.78 is 12.7. The summed E-state index contributed by atoms with van der Waals surface area (Å²) in [5.74, 6) is 0.543. The van der Waals surface area contributed by atoms with Gasteiger partial charge in [-0.25, -0.2) is 0 Å². The molecule has 0 saturated heterocycles. The first-order valence-electron chi connectivity index (χ1n) is 6.99. The molecule has 118 valence electrons. The molecule has 0 aliphatic carbocycles. The Morgan fingerprint density at radius 2 is 1.95 bits per heavy atom. The number of benzene rings is 1. The predicted octanol–water partition coefficient (Wildman–Crippen LogP) is 1.53. The third-order valence-electron chi connectivity index (χ3n) is 3.33. The van der Waals surface area contributed by atoms with Gasteiger partial charge in [-0.15, -0.1) is 0 Å². The van der Waals surface area contributed by atoms with Gasteiger partial charge in [-0.3, -0.25) is 4.79 Å². The largest absolute Gasteiger partial charge is 0.497 e. The van der Waals surface area contributed by atoms with Crippen LogP contribution in [-0.4, -0.2) is 35.4 Å². The lowest BCUT2D eigenvalue weighted by Gasteiger charge is -2.12. The van der Waals surface area contributed by atoms with E-state index in [1.807, 2.05) is 47.2 Å². The van der Waals surface area contributed by atoms with Crippen molar-refractivity contribution < 1.29 is 19.4 Å². The zero-order chi connectivity index (χ0) is 15.9. The molecule has 0 spiro atoms. The number of hydrogen-bond acceptors (Lipinski definition) is 4. The van der Waals surface area contributed by atoms with Crippen molar-refractivity contribution in [2.75, 3.05) is 13.7 Å². The second-order valence-corrected chi connectivity index (χ2v) is 4.87. The van der Waals surface area contributed by atoms with Gasteiger partial charge in [-0.1, -0.05) is 0 Å². The molecule has 0 aliphatic rings. The molecule has 1 atom stereocenters. The van der Waals surface area contributed by atoms with Crippen molar-refractivity contribution in [2.24, 2.45) is 5.73 Å². The molecule has 1 aromatic heterocycles. The Morgan fingerprint density at radius 3 is 2.59 bits per heavy atom. The number of nitrogens with two attached hydrogens (primary N) is 1. The quantitative estimate of drug-likeness (QED) is 0.772. The summed E-state index contributed by atoms with van der Waals surface area (Å²) in [6.07, 6.45) is 2.19. The van der Waals surface area contributed by atoms with Crippen molar-refractivity contribution in [1.29, 1.82) is 0 Å². The van der Waals surface area contributed by atoms with Gasteiger partial charge in [0.1, 0.15) is 24.1 Å². The highest BCUT2D eigenvalue weighted by atomic mass is 16.5. The molecule has 0 amide bonds. The van der Waals surface area contributed by atoms with Crippen LogP contribution in [0.4, 0.5) is 0 Å². The molecule has 1 aromatic carbocycles. The number of methoxy groups -OCH3 is 1. The van der Waals surface area contributed by atoms with Gasteiger partial charge in [0.25, 0.3) is 0 Å².